The van der Waals surface area contributed by atoms with E-state index in [1.807, 2.05) is 23.5 Å². The van der Waals surface area contributed by atoms with Crippen LogP contribution in [-0.4, -0.2) is 16.5 Å². The predicted octanol–water partition coefficient (Wildman–Crippen LogP) is 3.14. The highest BCUT2D eigenvalue weighted by molar-refractivity contribution is 8.00. The lowest BCUT2D eigenvalue weighted by Gasteiger charge is -2.26. The van der Waals surface area contributed by atoms with Crippen molar-refractivity contribution in [3.63, 3.8) is 0 Å². The van der Waals surface area contributed by atoms with Gasteiger partial charge in [0.15, 0.2) is 0 Å². The molecule has 0 amide bonds. The van der Waals surface area contributed by atoms with Gasteiger partial charge < -0.3 is 10.7 Å². The molecule has 2 heterocycles. The minimum Gasteiger partial charge on any atom is -0.364 e. The van der Waals surface area contributed by atoms with Crippen LogP contribution in [0.5, 0.6) is 0 Å². The van der Waals surface area contributed by atoms with Crippen molar-refractivity contribution in [1.82, 2.24) is 9.97 Å². The van der Waals surface area contributed by atoms with Crippen LogP contribution in [0, 0.1) is 6.92 Å². The van der Waals surface area contributed by atoms with Crippen molar-refractivity contribution in [2.24, 2.45) is 5.73 Å². The second-order valence-corrected chi connectivity index (χ2v) is 6.72. The van der Waals surface area contributed by atoms with Crippen molar-refractivity contribution >= 4 is 23.1 Å². The molecule has 0 saturated carbocycles. The Bertz CT molecular complexity index is 464. The van der Waals surface area contributed by atoms with Crippen molar-refractivity contribution < 1.29 is 0 Å². The lowest BCUT2D eigenvalue weighted by Crippen LogP contribution is -2.20. The first-order valence-electron chi connectivity index (χ1n) is 5.57. The maximum atomic E-state index is 5.74. The van der Waals surface area contributed by atoms with Gasteiger partial charge in [0.2, 0.25) is 0 Å². The van der Waals surface area contributed by atoms with Crippen LogP contribution in [0.1, 0.15) is 23.9 Å². The number of nitrogens with two attached hydrogens (primary N) is 1. The minimum atomic E-state index is 0.0184. The first kappa shape index (κ1) is 12.7. The summed E-state index contributed by atoms with van der Waals surface area (Å²) in [6.45, 7) is 4.99. The summed E-state index contributed by atoms with van der Waals surface area (Å²) in [7, 11) is 0. The summed E-state index contributed by atoms with van der Waals surface area (Å²) < 4.78 is 0.0184. The van der Waals surface area contributed by atoms with Crippen molar-refractivity contribution in [2.45, 2.75) is 29.9 Å². The van der Waals surface area contributed by atoms with Crippen LogP contribution in [0.3, 0.4) is 0 Å². The van der Waals surface area contributed by atoms with Crippen molar-refractivity contribution in [3.8, 4) is 0 Å². The van der Waals surface area contributed by atoms with E-state index in [2.05, 4.69) is 36.1 Å². The van der Waals surface area contributed by atoms with Crippen LogP contribution in [0.25, 0.3) is 0 Å². The molecule has 2 aromatic rings. The zero-order valence-electron chi connectivity index (χ0n) is 10.1. The molecule has 0 fully saturated rings. The summed E-state index contributed by atoms with van der Waals surface area (Å²) in [6.07, 6.45) is 4.95. The van der Waals surface area contributed by atoms with Gasteiger partial charge in [0.25, 0.3) is 0 Å². The third-order valence-electron chi connectivity index (χ3n) is 2.72. The van der Waals surface area contributed by atoms with Gasteiger partial charge in [-0.05, 0) is 32.9 Å². The number of nitrogens with one attached hydrogen (secondary N) is 1. The van der Waals surface area contributed by atoms with E-state index in [1.165, 1.54) is 15.5 Å². The molecule has 3 nitrogen and oxygen atoms in total. The Hall–Kier alpha value is -0.780. The monoisotopic (exact) mass is 267 g/mol. The Balaban J connectivity index is 2.23. The van der Waals surface area contributed by atoms with E-state index in [0.717, 1.165) is 6.42 Å². The van der Waals surface area contributed by atoms with E-state index < -0.39 is 0 Å². The normalized spacial score (nSPS) is 14.8. The number of thiazole rings is 1. The molecule has 0 aliphatic carbocycles. The lowest BCUT2D eigenvalue weighted by molar-refractivity contribution is 0.640. The molecule has 1 unspecified atom stereocenters. The number of aromatic nitrogens is 2. The highest BCUT2D eigenvalue weighted by atomic mass is 32.2. The molecule has 3 N–H and O–H groups in total. The number of aryl methyl sites for hydroxylation is 1. The van der Waals surface area contributed by atoms with E-state index in [4.69, 9.17) is 5.73 Å². The van der Waals surface area contributed by atoms with Gasteiger partial charge in [-0.3, -0.25) is 4.98 Å². The number of rotatable bonds is 5. The van der Waals surface area contributed by atoms with Gasteiger partial charge in [-0.25, -0.2) is 0 Å². The van der Waals surface area contributed by atoms with Gasteiger partial charge in [-0.15, -0.1) is 23.1 Å². The van der Waals surface area contributed by atoms with E-state index in [0.29, 0.717) is 6.54 Å². The third-order valence-corrected chi connectivity index (χ3v) is 5.23. The van der Waals surface area contributed by atoms with Crippen LogP contribution in [0.2, 0.25) is 0 Å². The van der Waals surface area contributed by atoms with Gasteiger partial charge in [-0.1, -0.05) is 0 Å². The Morgan fingerprint density at radius 2 is 2.41 bits per heavy atom. The van der Waals surface area contributed by atoms with Gasteiger partial charge in [0.05, 0.1) is 10.3 Å². The summed E-state index contributed by atoms with van der Waals surface area (Å²) in [5.74, 6) is 0. The fourth-order valence-corrected chi connectivity index (χ4v) is 4.00. The quantitative estimate of drug-likeness (QED) is 0.818. The average Bonchev–Trinajstić information content (AvgIpc) is 2.90. The Morgan fingerprint density at radius 1 is 1.59 bits per heavy atom. The van der Waals surface area contributed by atoms with Crippen LogP contribution in [-0.2, 0) is 4.75 Å². The predicted molar refractivity (Wildman–Crippen MR) is 74.5 cm³/mol. The molecular weight excluding hydrogens is 250 g/mol. The highest BCUT2D eigenvalue weighted by Gasteiger charge is 2.29. The van der Waals surface area contributed by atoms with Crippen LogP contribution in [0.15, 0.2) is 28.9 Å². The molecule has 0 saturated heterocycles. The number of aromatic amines is 1. The van der Waals surface area contributed by atoms with Crippen molar-refractivity contribution in [3.05, 3.63) is 34.5 Å². The SMILES string of the molecule is Cc1cc(SC(C)(CCN)c2cncs2)c[nH]1. The molecule has 0 bridgehead atoms. The Kier molecular flexibility index (Phi) is 3.91. The van der Waals surface area contributed by atoms with E-state index in [-0.39, 0.29) is 4.75 Å². The molecule has 92 valence electrons. The first-order valence-corrected chi connectivity index (χ1v) is 7.27. The number of thioether (sulfide) groups is 1. The molecule has 5 heteroatoms. The van der Waals surface area contributed by atoms with E-state index >= 15 is 0 Å². The summed E-state index contributed by atoms with van der Waals surface area (Å²) >= 11 is 3.55. The highest BCUT2D eigenvalue weighted by Crippen LogP contribution is 2.45. The molecule has 0 aromatic carbocycles. The van der Waals surface area contributed by atoms with Gasteiger partial charge >= 0.3 is 0 Å². The van der Waals surface area contributed by atoms with Crippen molar-refractivity contribution in [1.29, 1.82) is 0 Å². The van der Waals surface area contributed by atoms with Gasteiger partial charge in [0, 0.05) is 27.9 Å². The zero-order valence-corrected chi connectivity index (χ0v) is 11.7. The van der Waals surface area contributed by atoms with Crippen LogP contribution in [0.4, 0.5) is 0 Å². The standard InChI is InChI=1S/C12H17N3S2/c1-9-5-10(6-15-9)17-12(2,3-4-13)11-7-14-8-16-11/h5-8,15H,3-4,13H2,1-2H3. The zero-order chi connectivity index (χ0) is 12.3. The molecule has 0 aliphatic rings. The smallest absolute Gasteiger partial charge is 0.0794 e. The molecule has 0 spiro atoms. The maximum absolute atomic E-state index is 5.74. The number of hydrogen-bond acceptors (Lipinski definition) is 4. The number of hydrogen-bond donors (Lipinski definition) is 2. The molecule has 2 aromatic heterocycles. The van der Waals surface area contributed by atoms with Crippen LogP contribution >= 0.6 is 23.1 Å². The maximum Gasteiger partial charge on any atom is 0.0794 e. The summed E-state index contributed by atoms with van der Waals surface area (Å²) in [5.41, 5.74) is 8.81. The number of nitrogens with zero attached hydrogens (tertiary/aromatic N) is 1. The molecule has 0 radical (unpaired) electrons. The summed E-state index contributed by atoms with van der Waals surface area (Å²) in [4.78, 5) is 9.93. The fourth-order valence-electron chi connectivity index (χ4n) is 1.78. The number of H-pyrrole nitrogens is 1. The second kappa shape index (κ2) is 5.25. The Morgan fingerprint density at radius 3 is 2.94 bits per heavy atom. The van der Waals surface area contributed by atoms with Crippen molar-refractivity contribution in [2.75, 3.05) is 6.54 Å². The average molecular weight is 267 g/mol. The third kappa shape index (κ3) is 2.91. The topological polar surface area (TPSA) is 54.7 Å². The van der Waals surface area contributed by atoms with Gasteiger partial charge in [-0.2, -0.15) is 0 Å². The molecule has 0 aliphatic heterocycles. The minimum absolute atomic E-state index is 0.0184. The Labute approximate surface area is 110 Å². The second-order valence-electron chi connectivity index (χ2n) is 4.26. The van der Waals surface area contributed by atoms with E-state index in [9.17, 15) is 0 Å². The van der Waals surface area contributed by atoms with Crippen LogP contribution < -0.4 is 5.73 Å². The van der Waals surface area contributed by atoms with Gasteiger partial charge in [0.1, 0.15) is 0 Å². The summed E-state index contributed by atoms with van der Waals surface area (Å²) in [5, 5.41) is 0. The first-order chi connectivity index (χ1) is 8.14. The molecule has 2 rings (SSSR count). The summed E-state index contributed by atoms with van der Waals surface area (Å²) in [6, 6.07) is 2.17. The molecule has 1 atom stereocenters. The fraction of sp³-hybridized carbons (Fsp3) is 0.417. The van der Waals surface area contributed by atoms with E-state index in [1.54, 1.807) is 11.3 Å². The molecular formula is C12H17N3S2. The lowest BCUT2D eigenvalue weighted by atomic mass is 10.1. The largest absolute Gasteiger partial charge is 0.364 e. The molecule has 17 heavy (non-hydrogen) atoms.